The molecule has 0 aromatic carbocycles. The van der Waals surface area contributed by atoms with Crippen molar-refractivity contribution in [2.75, 3.05) is 25.9 Å². The molecule has 0 aliphatic carbocycles. The first-order valence-electron chi connectivity index (χ1n) is 7.37. The summed E-state index contributed by atoms with van der Waals surface area (Å²) < 4.78 is 2.33. The molecule has 0 amide bonds. The summed E-state index contributed by atoms with van der Waals surface area (Å²) in [5, 5.41) is 1.04. The van der Waals surface area contributed by atoms with Crippen molar-refractivity contribution in [3.8, 4) is 0 Å². The Morgan fingerprint density at radius 1 is 1.25 bits per heavy atom. The Hall–Kier alpha value is -1.62. The Kier molecular flexibility index (Phi) is 3.38. The SMILES string of the molecule is CC(C)c1cn(C2CCN(C)CC2)c2ncnc(N)c12. The van der Waals surface area contributed by atoms with Crippen LogP contribution in [0.2, 0.25) is 0 Å². The largest absolute Gasteiger partial charge is 0.383 e. The van der Waals surface area contributed by atoms with Gasteiger partial charge < -0.3 is 15.2 Å². The van der Waals surface area contributed by atoms with Gasteiger partial charge in [-0.3, -0.25) is 0 Å². The molecule has 5 nitrogen and oxygen atoms in total. The van der Waals surface area contributed by atoms with Crippen LogP contribution in [0.15, 0.2) is 12.5 Å². The van der Waals surface area contributed by atoms with E-state index in [1.807, 2.05) is 0 Å². The van der Waals surface area contributed by atoms with Gasteiger partial charge in [0.05, 0.1) is 5.39 Å². The fourth-order valence-electron chi connectivity index (χ4n) is 3.13. The maximum atomic E-state index is 6.09. The molecule has 2 aromatic heterocycles. The smallest absolute Gasteiger partial charge is 0.146 e. The molecule has 0 saturated carbocycles. The quantitative estimate of drug-likeness (QED) is 0.912. The summed E-state index contributed by atoms with van der Waals surface area (Å²) in [6.07, 6.45) is 6.16. The Balaban J connectivity index is 2.09. The fraction of sp³-hybridized carbons (Fsp3) is 0.600. The van der Waals surface area contributed by atoms with Gasteiger partial charge in [-0.15, -0.1) is 0 Å². The Labute approximate surface area is 119 Å². The molecular formula is C15H23N5. The number of rotatable bonds is 2. The second kappa shape index (κ2) is 5.05. The monoisotopic (exact) mass is 273 g/mol. The number of piperidine rings is 1. The predicted molar refractivity (Wildman–Crippen MR) is 81.8 cm³/mol. The van der Waals surface area contributed by atoms with E-state index in [4.69, 9.17) is 5.73 Å². The van der Waals surface area contributed by atoms with Gasteiger partial charge in [-0.25, -0.2) is 9.97 Å². The molecule has 2 aromatic rings. The molecule has 3 heterocycles. The van der Waals surface area contributed by atoms with Crippen molar-refractivity contribution in [1.82, 2.24) is 19.4 Å². The molecule has 2 N–H and O–H groups in total. The van der Waals surface area contributed by atoms with E-state index < -0.39 is 0 Å². The van der Waals surface area contributed by atoms with E-state index in [1.165, 1.54) is 18.4 Å². The molecule has 1 aliphatic rings. The van der Waals surface area contributed by atoms with E-state index in [-0.39, 0.29) is 0 Å². The van der Waals surface area contributed by atoms with E-state index in [2.05, 4.69) is 46.5 Å². The van der Waals surface area contributed by atoms with Gasteiger partial charge in [0.2, 0.25) is 0 Å². The van der Waals surface area contributed by atoms with Gasteiger partial charge in [-0.1, -0.05) is 13.8 Å². The van der Waals surface area contributed by atoms with E-state index in [0.29, 0.717) is 17.8 Å². The summed E-state index contributed by atoms with van der Waals surface area (Å²) in [6, 6.07) is 0.524. The minimum Gasteiger partial charge on any atom is -0.383 e. The van der Waals surface area contributed by atoms with Gasteiger partial charge in [-0.2, -0.15) is 0 Å². The van der Waals surface area contributed by atoms with E-state index in [1.54, 1.807) is 6.33 Å². The third kappa shape index (κ3) is 2.16. The Bertz CT molecular complexity index is 608. The van der Waals surface area contributed by atoms with Gasteiger partial charge in [0.1, 0.15) is 17.8 Å². The number of anilines is 1. The zero-order valence-corrected chi connectivity index (χ0v) is 12.5. The molecule has 0 spiro atoms. The highest BCUT2D eigenvalue weighted by molar-refractivity contribution is 5.90. The van der Waals surface area contributed by atoms with Crippen LogP contribution in [0, 0.1) is 0 Å². The fourth-order valence-corrected chi connectivity index (χ4v) is 3.13. The lowest BCUT2D eigenvalue weighted by atomic mass is 10.0. The van der Waals surface area contributed by atoms with Crippen LogP contribution in [0.4, 0.5) is 5.82 Å². The molecule has 20 heavy (non-hydrogen) atoms. The summed E-state index contributed by atoms with van der Waals surface area (Å²) in [7, 11) is 2.18. The average molecular weight is 273 g/mol. The lowest BCUT2D eigenvalue weighted by molar-refractivity contribution is 0.223. The van der Waals surface area contributed by atoms with Crippen molar-refractivity contribution in [3.05, 3.63) is 18.1 Å². The van der Waals surface area contributed by atoms with Crippen LogP contribution in [-0.4, -0.2) is 39.6 Å². The van der Waals surface area contributed by atoms with Crippen molar-refractivity contribution in [2.45, 2.75) is 38.6 Å². The highest BCUT2D eigenvalue weighted by Crippen LogP contribution is 2.34. The minimum absolute atomic E-state index is 0.429. The molecule has 1 aliphatic heterocycles. The highest BCUT2D eigenvalue weighted by atomic mass is 15.1. The number of aromatic nitrogens is 3. The third-order valence-corrected chi connectivity index (χ3v) is 4.37. The van der Waals surface area contributed by atoms with Crippen molar-refractivity contribution in [1.29, 1.82) is 0 Å². The highest BCUT2D eigenvalue weighted by Gasteiger charge is 2.23. The standard InChI is InChI=1S/C15H23N5/c1-10(2)12-8-20(11-4-6-19(3)7-5-11)15-13(12)14(16)17-9-18-15/h8-11H,4-7H2,1-3H3,(H2,16,17,18). The second-order valence-corrected chi connectivity index (χ2v) is 6.14. The maximum absolute atomic E-state index is 6.09. The first-order valence-corrected chi connectivity index (χ1v) is 7.37. The van der Waals surface area contributed by atoms with E-state index in [9.17, 15) is 0 Å². The molecule has 0 bridgehead atoms. The first-order chi connectivity index (χ1) is 9.58. The molecular weight excluding hydrogens is 250 g/mol. The Morgan fingerprint density at radius 3 is 2.60 bits per heavy atom. The van der Waals surface area contributed by atoms with Crippen molar-refractivity contribution < 1.29 is 0 Å². The summed E-state index contributed by atoms with van der Waals surface area (Å²) in [5.74, 6) is 1.03. The molecule has 0 unspecified atom stereocenters. The van der Waals surface area contributed by atoms with Crippen LogP contribution >= 0.6 is 0 Å². The van der Waals surface area contributed by atoms with Gasteiger partial charge in [0, 0.05) is 12.2 Å². The Morgan fingerprint density at radius 2 is 1.95 bits per heavy atom. The normalized spacial score (nSPS) is 18.2. The summed E-state index contributed by atoms with van der Waals surface area (Å²) in [5.41, 5.74) is 8.34. The summed E-state index contributed by atoms with van der Waals surface area (Å²) >= 11 is 0. The summed E-state index contributed by atoms with van der Waals surface area (Å²) in [6.45, 7) is 6.67. The van der Waals surface area contributed by atoms with Crippen LogP contribution in [0.3, 0.4) is 0 Å². The number of fused-ring (bicyclic) bond motifs is 1. The average Bonchev–Trinajstić information content (AvgIpc) is 2.81. The molecule has 3 rings (SSSR count). The number of nitrogen functional groups attached to an aromatic ring is 1. The predicted octanol–water partition coefficient (Wildman–Crippen LogP) is 2.40. The van der Waals surface area contributed by atoms with Crippen molar-refractivity contribution >= 4 is 16.9 Å². The first kappa shape index (κ1) is 13.4. The van der Waals surface area contributed by atoms with Gasteiger partial charge in [0.15, 0.2) is 0 Å². The van der Waals surface area contributed by atoms with E-state index in [0.717, 1.165) is 24.1 Å². The number of nitrogens with two attached hydrogens (primary N) is 1. The lowest BCUT2D eigenvalue weighted by Crippen LogP contribution is -2.31. The van der Waals surface area contributed by atoms with Gasteiger partial charge >= 0.3 is 0 Å². The van der Waals surface area contributed by atoms with Crippen LogP contribution in [-0.2, 0) is 0 Å². The zero-order chi connectivity index (χ0) is 14.3. The third-order valence-electron chi connectivity index (χ3n) is 4.37. The number of likely N-dealkylation sites (tertiary alicyclic amines) is 1. The van der Waals surface area contributed by atoms with E-state index >= 15 is 0 Å². The minimum atomic E-state index is 0.429. The van der Waals surface area contributed by atoms with Crippen LogP contribution in [0.25, 0.3) is 11.0 Å². The number of hydrogen-bond acceptors (Lipinski definition) is 4. The number of hydrogen-bond donors (Lipinski definition) is 1. The van der Waals surface area contributed by atoms with Crippen molar-refractivity contribution in [3.63, 3.8) is 0 Å². The van der Waals surface area contributed by atoms with Gasteiger partial charge in [0.25, 0.3) is 0 Å². The molecule has 108 valence electrons. The second-order valence-electron chi connectivity index (χ2n) is 6.14. The van der Waals surface area contributed by atoms with Crippen LogP contribution in [0.1, 0.15) is 44.2 Å². The molecule has 1 fully saturated rings. The molecule has 5 heteroatoms. The van der Waals surface area contributed by atoms with Crippen LogP contribution in [0.5, 0.6) is 0 Å². The lowest BCUT2D eigenvalue weighted by Gasteiger charge is -2.30. The maximum Gasteiger partial charge on any atom is 0.146 e. The topological polar surface area (TPSA) is 60.0 Å². The molecule has 0 radical (unpaired) electrons. The zero-order valence-electron chi connectivity index (χ0n) is 12.5. The van der Waals surface area contributed by atoms with Crippen molar-refractivity contribution in [2.24, 2.45) is 0 Å². The molecule has 1 saturated heterocycles. The summed E-state index contributed by atoms with van der Waals surface area (Å²) in [4.78, 5) is 11.0. The van der Waals surface area contributed by atoms with Gasteiger partial charge in [-0.05, 0) is 44.5 Å². The molecule has 0 atom stereocenters. The number of nitrogens with zero attached hydrogens (tertiary/aromatic N) is 4. The van der Waals surface area contributed by atoms with Crippen LogP contribution < -0.4 is 5.73 Å².